The standard InChI is InChI=1S/C13H21BClNO2.C2H6/c1-9(7-8-11(15)10(2)16)14-17-12(3,4)13(5,6)18-14;1-2/h7-8H,2,16H2,1,3-6H3;1-2H3/b9-7+,11-8+;. The van der Waals surface area contributed by atoms with Crippen LogP contribution in [0.1, 0.15) is 48.5 Å². The summed E-state index contributed by atoms with van der Waals surface area (Å²) in [5, 5.41) is 0.422. The van der Waals surface area contributed by atoms with E-state index in [-0.39, 0.29) is 18.3 Å². The molecule has 0 aromatic heterocycles. The molecule has 2 N–H and O–H groups in total. The fraction of sp³-hybridized carbons (Fsp3) is 0.600. The van der Waals surface area contributed by atoms with E-state index in [2.05, 4.69) is 6.58 Å². The summed E-state index contributed by atoms with van der Waals surface area (Å²) in [6, 6.07) is 0. The topological polar surface area (TPSA) is 44.5 Å². The van der Waals surface area contributed by atoms with Gasteiger partial charge in [0.15, 0.2) is 0 Å². The minimum Gasteiger partial charge on any atom is -0.400 e. The Bertz CT molecular complexity index is 398. The molecule has 114 valence electrons. The van der Waals surface area contributed by atoms with Gasteiger partial charge in [0, 0.05) is 5.70 Å². The van der Waals surface area contributed by atoms with Gasteiger partial charge >= 0.3 is 7.12 Å². The molecule has 0 radical (unpaired) electrons. The molecule has 0 aromatic carbocycles. The van der Waals surface area contributed by atoms with E-state index in [1.807, 2.05) is 54.5 Å². The van der Waals surface area contributed by atoms with Crippen LogP contribution in [-0.2, 0) is 9.31 Å². The molecule has 0 bridgehead atoms. The summed E-state index contributed by atoms with van der Waals surface area (Å²) in [7, 11) is -0.359. The highest BCUT2D eigenvalue weighted by Gasteiger charge is 2.51. The second-order valence-corrected chi connectivity index (χ2v) is 5.95. The molecule has 5 heteroatoms. The molecule has 1 aliphatic heterocycles. The molecular formula is C15H27BClNO2. The smallest absolute Gasteiger partial charge is 0.400 e. The first-order chi connectivity index (χ1) is 9.07. The van der Waals surface area contributed by atoms with Gasteiger partial charge in [-0.25, -0.2) is 0 Å². The first-order valence-corrected chi connectivity index (χ1v) is 7.29. The van der Waals surface area contributed by atoms with Gasteiger partial charge in [-0.1, -0.05) is 38.1 Å². The summed E-state index contributed by atoms with van der Waals surface area (Å²) in [6.45, 7) is 17.6. The lowest BCUT2D eigenvalue weighted by atomic mass is 9.79. The second kappa shape index (κ2) is 7.35. The SMILES string of the molecule is C=C(N)/C(Cl)=C\C=C(/C)B1OC(C)(C)C(C)(C)O1.CC. The van der Waals surface area contributed by atoms with Gasteiger partial charge in [0.05, 0.1) is 16.2 Å². The zero-order valence-corrected chi connectivity index (χ0v) is 14.5. The first kappa shape index (κ1) is 19.3. The van der Waals surface area contributed by atoms with Crippen LogP contribution in [0.2, 0.25) is 0 Å². The maximum absolute atomic E-state index is 5.90. The Labute approximate surface area is 129 Å². The van der Waals surface area contributed by atoms with Crippen LogP contribution >= 0.6 is 11.6 Å². The first-order valence-electron chi connectivity index (χ1n) is 6.91. The van der Waals surface area contributed by atoms with Crippen molar-refractivity contribution in [2.45, 2.75) is 59.7 Å². The zero-order valence-electron chi connectivity index (χ0n) is 13.7. The zero-order chi connectivity index (χ0) is 16.1. The number of halogens is 1. The lowest BCUT2D eigenvalue weighted by Crippen LogP contribution is -2.41. The Balaban J connectivity index is 0.00000172. The van der Waals surface area contributed by atoms with Crippen molar-refractivity contribution in [1.29, 1.82) is 0 Å². The van der Waals surface area contributed by atoms with Crippen LogP contribution in [0.4, 0.5) is 0 Å². The van der Waals surface area contributed by atoms with Gasteiger partial charge in [-0.05, 0) is 46.2 Å². The van der Waals surface area contributed by atoms with Gasteiger partial charge in [0.25, 0.3) is 0 Å². The molecule has 0 atom stereocenters. The van der Waals surface area contributed by atoms with Gasteiger partial charge < -0.3 is 15.0 Å². The van der Waals surface area contributed by atoms with Gasteiger partial charge in [0.1, 0.15) is 0 Å². The maximum atomic E-state index is 5.90. The van der Waals surface area contributed by atoms with Crippen molar-refractivity contribution in [3.05, 3.63) is 34.9 Å². The molecule has 0 saturated carbocycles. The van der Waals surface area contributed by atoms with Crippen LogP contribution < -0.4 is 5.73 Å². The third kappa shape index (κ3) is 4.69. The van der Waals surface area contributed by atoms with Crippen molar-refractivity contribution < 1.29 is 9.31 Å². The predicted molar refractivity (Wildman–Crippen MR) is 88.5 cm³/mol. The molecule has 1 aliphatic rings. The van der Waals surface area contributed by atoms with E-state index in [9.17, 15) is 0 Å². The predicted octanol–water partition coefficient (Wildman–Crippen LogP) is 4.19. The molecule has 0 spiro atoms. The van der Waals surface area contributed by atoms with Crippen molar-refractivity contribution >= 4 is 18.7 Å². The van der Waals surface area contributed by atoms with Gasteiger partial charge in [-0.3, -0.25) is 0 Å². The molecule has 0 unspecified atom stereocenters. The van der Waals surface area contributed by atoms with Crippen LogP contribution in [0.3, 0.4) is 0 Å². The summed E-state index contributed by atoms with van der Waals surface area (Å²) in [6.07, 6.45) is 3.53. The van der Waals surface area contributed by atoms with Gasteiger partial charge in [-0.2, -0.15) is 0 Å². The van der Waals surface area contributed by atoms with Gasteiger partial charge in [-0.15, -0.1) is 0 Å². The third-order valence-electron chi connectivity index (χ3n) is 3.42. The molecular weight excluding hydrogens is 272 g/mol. The highest BCUT2D eigenvalue weighted by molar-refractivity contribution is 6.54. The number of hydrogen-bond acceptors (Lipinski definition) is 3. The summed E-state index contributed by atoms with van der Waals surface area (Å²) in [4.78, 5) is 0. The monoisotopic (exact) mass is 299 g/mol. The van der Waals surface area contributed by atoms with Crippen molar-refractivity contribution in [2.75, 3.05) is 0 Å². The Kier molecular flexibility index (Phi) is 7.09. The van der Waals surface area contributed by atoms with Crippen molar-refractivity contribution in [2.24, 2.45) is 5.73 Å². The molecule has 20 heavy (non-hydrogen) atoms. The summed E-state index contributed by atoms with van der Waals surface area (Å²) >= 11 is 5.89. The minimum atomic E-state index is -0.359. The third-order valence-corrected chi connectivity index (χ3v) is 3.79. The summed E-state index contributed by atoms with van der Waals surface area (Å²) in [5.41, 5.74) is 6.08. The summed E-state index contributed by atoms with van der Waals surface area (Å²) in [5.74, 6) is 0. The average molecular weight is 300 g/mol. The van der Waals surface area contributed by atoms with Crippen molar-refractivity contribution in [3.8, 4) is 0 Å². The van der Waals surface area contributed by atoms with Crippen LogP contribution in [-0.4, -0.2) is 18.3 Å². The number of hydrogen-bond donors (Lipinski definition) is 1. The van der Waals surface area contributed by atoms with Crippen LogP contribution in [0.5, 0.6) is 0 Å². The quantitative estimate of drug-likeness (QED) is 0.628. The van der Waals surface area contributed by atoms with E-state index in [4.69, 9.17) is 26.6 Å². The van der Waals surface area contributed by atoms with Crippen molar-refractivity contribution in [1.82, 2.24) is 0 Å². The van der Waals surface area contributed by atoms with E-state index >= 15 is 0 Å². The van der Waals surface area contributed by atoms with E-state index < -0.39 is 0 Å². The molecule has 1 fully saturated rings. The Morgan fingerprint density at radius 2 is 1.50 bits per heavy atom. The fourth-order valence-electron chi connectivity index (χ4n) is 1.42. The Morgan fingerprint density at radius 1 is 1.10 bits per heavy atom. The van der Waals surface area contributed by atoms with Crippen LogP contribution in [0.15, 0.2) is 34.9 Å². The lowest BCUT2D eigenvalue weighted by molar-refractivity contribution is 0.00578. The highest BCUT2D eigenvalue weighted by Crippen LogP contribution is 2.38. The highest BCUT2D eigenvalue weighted by atomic mass is 35.5. The maximum Gasteiger partial charge on any atom is 0.490 e. The average Bonchev–Trinajstić information content (AvgIpc) is 2.57. The number of rotatable bonds is 3. The molecule has 1 rings (SSSR count). The molecule has 1 saturated heterocycles. The van der Waals surface area contributed by atoms with E-state index in [0.717, 1.165) is 5.47 Å². The van der Waals surface area contributed by atoms with Crippen LogP contribution in [0.25, 0.3) is 0 Å². The Morgan fingerprint density at radius 3 is 1.85 bits per heavy atom. The normalized spacial score (nSPS) is 21.3. The van der Waals surface area contributed by atoms with E-state index in [1.54, 1.807) is 6.08 Å². The molecule has 0 aliphatic carbocycles. The number of allylic oxidation sites excluding steroid dienone is 4. The van der Waals surface area contributed by atoms with Gasteiger partial charge in [0.2, 0.25) is 0 Å². The summed E-state index contributed by atoms with van der Waals surface area (Å²) < 4.78 is 11.8. The van der Waals surface area contributed by atoms with Crippen LogP contribution in [0, 0.1) is 0 Å². The molecule has 0 amide bonds. The molecule has 0 aromatic rings. The van der Waals surface area contributed by atoms with Crippen molar-refractivity contribution in [3.63, 3.8) is 0 Å². The van der Waals surface area contributed by atoms with E-state index in [0.29, 0.717) is 10.7 Å². The fourth-order valence-corrected chi connectivity index (χ4v) is 1.48. The molecule has 3 nitrogen and oxygen atoms in total. The minimum absolute atomic E-state index is 0.336. The lowest BCUT2D eigenvalue weighted by Gasteiger charge is -2.32. The number of nitrogens with two attached hydrogens (primary N) is 1. The largest absolute Gasteiger partial charge is 0.490 e. The molecule has 1 heterocycles. The Hall–Kier alpha value is -0.705. The van der Waals surface area contributed by atoms with E-state index in [1.165, 1.54) is 0 Å². The second-order valence-electron chi connectivity index (χ2n) is 5.54.